The van der Waals surface area contributed by atoms with Gasteiger partial charge in [0, 0.05) is 5.69 Å². The van der Waals surface area contributed by atoms with Crippen molar-refractivity contribution in [2.24, 2.45) is 5.73 Å². The smallest absolute Gasteiger partial charge is 0.305 e. The highest BCUT2D eigenvalue weighted by Crippen LogP contribution is 2.21. The van der Waals surface area contributed by atoms with Gasteiger partial charge < -0.3 is 21.3 Å². The van der Waals surface area contributed by atoms with E-state index in [-0.39, 0.29) is 12.3 Å². The number of nitrogens with two attached hydrogens (primary N) is 1. The van der Waals surface area contributed by atoms with Crippen LogP contribution in [-0.4, -0.2) is 34.1 Å². The average Bonchev–Trinajstić information content (AvgIpc) is 2.37. The molecule has 2 atom stereocenters. The van der Waals surface area contributed by atoms with Gasteiger partial charge >= 0.3 is 11.9 Å². The lowest BCUT2D eigenvalue weighted by Crippen LogP contribution is -2.37. The Morgan fingerprint density at radius 1 is 1.10 bits per heavy atom. The standard InChI is InChI=1S/C14H18N2O5/c1-8(6-12(17)18)9-2-4-10(5-3-9)16-14(21)11(15)7-13(19)20/h2-5,8,11H,6-7,15H2,1H3,(H,16,21)(H,17,18)(H,19,20). The van der Waals surface area contributed by atoms with Gasteiger partial charge in [-0.3, -0.25) is 14.4 Å². The third-order valence-electron chi connectivity index (χ3n) is 2.96. The molecule has 0 fully saturated rings. The van der Waals surface area contributed by atoms with Gasteiger partial charge in [0.1, 0.15) is 0 Å². The van der Waals surface area contributed by atoms with Gasteiger partial charge in [0.15, 0.2) is 0 Å². The van der Waals surface area contributed by atoms with E-state index in [9.17, 15) is 14.4 Å². The first-order valence-electron chi connectivity index (χ1n) is 6.39. The molecule has 5 N–H and O–H groups in total. The zero-order chi connectivity index (χ0) is 16.0. The Bertz CT molecular complexity index is 527. The van der Waals surface area contributed by atoms with Crippen LogP contribution in [-0.2, 0) is 14.4 Å². The summed E-state index contributed by atoms with van der Waals surface area (Å²) in [5.41, 5.74) is 6.76. The monoisotopic (exact) mass is 294 g/mol. The molecule has 0 aliphatic carbocycles. The summed E-state index contributed by atoms with van der Waals surface area (Å²) in [5.74, 6) is -2.74. The number of carboxylic acids is 2. The van der Waals surface area contributed by atoms with Crippen molar-refractivity contribution >= 4 is 23.5 Å². The average molecular weight is 294 g/mol. The van der Waals surface area contributed by atoms with E-state index in [0.717, 1.165) is 5.56 Å². The van der Waals surface area contributed by atoms with Crippen LogP contribution in [0.4, 0.5) is 5.69 Å². The lowest BCUT2D eigenvalue weighted by atomic mass is 9.98. The second-order valence-electron chi connectivity index (χ2n) is 4.81. The summed E-state index contributed by atoms with van der Waals surface area (Å²) >= 11 is 0. The van der Waals surface area contributed by atoms with Crippen LogP contribution in [0.15, 0.2) is 24.3 Å². The van der Waals surface area contributed by atoms with Gasteiger partial charge in [0.05, 0.1) is 18.9 Å². The lowest BCUT2D eigenvalue weighted by Gasteiger charge is -2.12. The number of hydrogen-bond donors (Lipinski definition) is 4. The van der Waals surface area contributed by atoms with Crippen molar-refractivity contribution < 1.29 is 24.6 Å². The fourth-order valence-corrected chi connectivity index (χ4v) is 1.79. The molecule has 7 nitrogen and oxygen atoms in total. The number of carbonyl (C=O) groups excluding carboxylic acids is 1. The highest BCUT2D eigenvalue weighted by Gasteiger charge is 2.17. The van der Waals surface area contributed by atoms with Crippen LogP contribution in [0.3, 0.4) is 0 Å². The fourth-order valence-electron chi connectivity index (χ4n) is 1.79. The normalized spacial score (nSPS) is 13.2. The van der Waals surface area contributed by atoms with Crippen molar-refractivity contribution in [1.29, 1.82) is 0 Å². The van der Waals surface area contributed by atoms with E-state index in [4.69, 9.17) is 15.9 Å². The summed E-state index contributed by atoms with van der Waals surface area (Å²) in [6, 6.07) is 5.56. The number of carbonyl (C=O) groups is 3. The minimum atomic E-state index is -1.14. The van der Waals surface area contributed by atoms with Crippen LogP contribution in [0.5, 0.6) is 0 Å². The predicted octanol–water partition coefficient (Wildman–Crippen LogP) is 1.01. The largest absolute Gasteiger partial charge is 0.481 e. The highest BCUT2D eigenvalue weighted by molar-refractivity contribution is 5.96. The van der Waals surface area contributed by atoms with Gasteiger partial charge in [-0.05, 0) is 23.6 Å². The van der Waals surface area contributed by atoms with Gasteiger partial charge in [-0.15, -0.1) is 0 Å². The molecule has 0 radical (unpaired) electrons. The summed E-state index contributed by atoms with van der Waals surface area (Å²) in [7, 11) is 0. The molecule has 0 bridgehead atoms. The second-order valence-corrected chi connectivity index (χ2v) is 4.81. The van der Waals surface area contributed by atoms with Crippen LogP contribution in [0.1, 0.15) is 31.2 Å². The van der Waals surface area contributed by atoms with Crippen molar-refractivity contribution in [3.05, 3.63) is 29.8 Å². The van der Waals surface area contributed by atoms with Gasteiger partial charge in [-0.2, -0.15) is 0 Å². The molecular weight excluding hydrogens is 276 g/mol. The molecule has 0 saturated carbocycles. The van der Waals surface area contributed by atoms with Gasteiger partial charge in [-0.1, -0.05) is 19.1 Å². The number of amides is 1. The van der Waals surface area contributed by atoms with E-state index >= 15 is 0 Å². The maximum atomic E-state index is 11.6. The number of rotatable bonds is 7. The molecule has 1 amide bonds. The SMILES string of the molecule is CC(CC(=O)O)c1ccc(NC(=O)C(N)CC(=O)O)cc1. The zero-order valence-electron chi connectivity index (χ0n) is 11.6. The quantitative estimate of drug-likeness (QED) is 0.593. The third kappa shape index (κ3) is 5.62. The van der Waals surface area contributed by atoms with E-state index in [2.05, 4.69) is 5.32 Å². The molecule has 114 valence electrons. The van der Waals surface area contributed by atoms with Gasteiger partial charge in [0.2, 0.25) is 5.91 Å². The molecule has 1 aromatic carbocycles. The molecule has 0 aromatic heterocycles. The van der Waals surface area contributed by atoms with Crippen LogP contribution < -0.4 is 11.1 Å². The molecule has 1 aromatic rings. The summed E-state index contributed by atoms with van der Waals surface area (Å²) in [5, 5.41) is 19.8. The Labute approximate surface area is 121 Å². The van der Waals surface area contributed by atoms with Gasteiger partial charge in [0.25, 0.3) is 0 Å². The Hall–Kier alpha value is -2.41. The highest BCUT2D eigenvalue weighted by atomic mass is 16.4. The summed E-state index contributed by atoms with van der Waals surface area (Å²) in [6.45, 7) is 1.80. The summed E-state index contributed by atoms with van der Waals surface area (Å²) in [6.07, 6.45) is -0.422. The Kier molecular flexibility index (Phi) is 5.86. The number of carboxylic acid groups (broad SMARTS) is 2. The van der Waals surface area contributed by atoms with Gasteiger partial charge in [-0.25, -0.2) is 0 Å². The molecular formula is C14H18N2O5. The molecule has 0 aliphatic heterocycles. The first-order valence-corrected chi connectivity index (χ1v) is 6.39. The fraction of sp³-hybridized carbons (Fsp3) is 0.357. The molecule has 21 heavy (non-hydrogen) atoms. The van der Waals surface area contributed by atoms with Crippen LogP contribution in [0.25, 0.3) is 0 Å². The zero-order valence-corrected chi connectivity index (χ0v) is 11.6. The molecule has 0 spiro atoms. The van der Waals surface area contributed by atoms with E-state index in [1.807, 2.05) is 0 Å². The maximum absolute atomic E-state index is 11.6. The molecule has 0 aliphatic rings. The van der Waals surface area contributed by atoms with Crippen molar-refractivity contribution in [2.45, 2.75) is 31.7 Å². The first-order chi connectivity index (χ1) is 9.79. The Morgan fingerprint density at radius 2 is 1.62 bits per heavy atom. The number of anilines is 1. The second kappa shape index (κ2) is 7.39. The predicted molar refractivity (Wildman–Crippen MR) is 76.0 cm³/mol. The van der Waals surface area contributed by atoms with Crippen molar-refractivity contribution in [2.75, 3.05) is 5.32 Å². The van der Waals surface area contributed by atoms with Crippen LogP contribution in [0.2, 0.25) is 0 Å². The molecule has 1 rings (SSSR count). The molecule has 0 saturated heterocycles. The lowest BCUT2D eigenvalue weighted by molar-refractivity contribution is -0.139. The van der Waals surface area contributed by atoms with Crippen molar-refractivity contribution in [1.82, 2.24) is 0 Å². The third-order valence-corrected chi connectivity index (χ3v) is 2.96. The number of benzene rings is 1. The van der Waals surface area contributed by atoms with E-state index < -0.39 is 30.3 Å². The molecule has 7 heteroatoms. The number of hydrogen-bond acceptors (Lipinski definition) is 4. The molecule has 0 heterocycles. The topological polar surface area (TPSA) is 130 Å². The molecule has 2 unspecified atom stereocenters. The van der Waals surface area contributed by atoms with E-state index in [1.54, 1.807) is 31.2 Å². The minimum Gasteiger partial charge on any atom is -0.481 e. The van der Waals surface area contributed by atoms with Crippen LogP contribution in [0, 0.1) is 0 Å². The van der Waals surface area contributed by atoms with E-state index in [1.165, 1.54) is 0 Å². The summed E-state index contributed by atoms with van der Waals surface area (Å²) in [4.78, 5) is 32.7. The maximum Gasteiger partial charge on any atom is 0.305 e. The van der Waals surface area contributed by atoms with Crippen molar-refractivity contribution in [3.63, 3.8) is 0 Å². The van der Waals surface area contributed by atoms with Crippen molar-refractivity contribution in [3.8, 4) is 0 Å². The number of aliphatic carboxylic acids is 2. The Balaban J connectivity index is 2.64. The summed E-state index contributed by atoms with van der Waals surface area (Å²) < 4.78 is 0. The Morgan fingerprint density at radius 3 is 2.10 bits per heavy atom. The number of nitrogens with one attached hydrogen (secondary N) is 1. The van der Waals surface area contributed by atoms with Crippen LogP contribution >= 0.6 is 0 Å². The minimum absolute atomic E-state index is 0.0230. The first kappa shape index (κ1) is 16.6. The van der Waals surface area contributed by atoms with E-state index in [0.29, 0.717) is 5.69 Å².